The fourth-order valence-corrected chi connectivity index (χ4v) is 3.89. The summed E-state index contributed by atoms with van der Waals surface area (Å²) in [6.07, 6.45) is 6.48. The Morgan fingerprint density at radius 1 is 1.21 bits per heavy atom. The molecule has 106 valence electrons. The average molecular weight is 365 g/mol. The third-order valence-corrected chi connectivity index (χ3v) is 5.44. The third-order valence-electron chi connectivity index (χ3n) is 4.03. The van der Waals surface area contributed by atoms with Crippen molar-refractivity contribution in [3.8, 4) is 0 Å². The molecule has 1 N–H and O–H groups in total. The smallest absolute Gasteiger partial charge is 0.0462 e. The molecule has 0 atom stereocenters. The molecule has 0 heterocycles. The SMILES string of the molecule is ClCC1(CNCc2ccc(Br)cc2Cl)CCCCC1. The fraction of sp³-hybridized carbons (Fsp3) is 0.600. The van der Waals surface area contributed by atoms with E-state index in [1.807, 2.05) is 12.1 Å². The number of nitrogens with one attached hydrogen (secondary N) is 1. The van der Waals surface area contributed by atoms with Gasteiger partial charge in [-0.3, -0.25) is 0 Å². The van der Waals surface area contributed by atoms with Crippen LogP contribution in [0.15, 0.2) is 22.7 Å². The van der Waals surface area contributed by atoms with E-state index in [0.717, 1.165) is 34.0 Å². The molecule has 2 rings (SSSR count). The van der Waals surface area contributed by atoms with Gasteiger partial charge in [0.25, 0.3) is 0 Å². The molecule has 4 heteroatoms. The van der Waals surface area contributed by atoms with Crippen LogP contribution in [0.2, 0.25) is 5.02 Å². The molecule has 1 nitrogen and oxygen atoms in total. The first-order chi connectivity index (χ1) is 9.15. The third kappa shape index (κ3) is 4.35. The van der Waals surface area contributed by atoms with Crippen LogP contribution in [0.25, 0.3) is 0 Å². The maximum Gasteiger partial charge on any atom is 0.0462 e. The van der Waals surface area contributed by atoms with E-state index in [1.54, 1.807) is 0 Å². The molecule has 0 spiro atoms. The van der Waals surface area contributed by atoms with E-state index in [4.69, 9.17) is 23.2 Å². The molecule has 1 fully saturated rings. The number of benzene rings is 1. The zero-order valence-corrected chi connectivity index (χ0v) is 14.1. The highest BCUT2D eigenvalue weighted by Crippen LogP contribution is 2.36. The molecule has 1 aliphatic carbocycles. The highest BCUT2D eigenvalue weighted by molar-refractivity contribution is 9.10. The molecule has 0 aliphatic heterocycles. The zero-order valence-electron chi connectivity index (χ0n) is 11.0. The highest BCUT2D eigenvalue weighted by atomic mass is 79.9. The second-order valence-corrected chi connectivity index (χ2v) is 7.12. The van der Waals surface area contributed by atoms with Crippen LogP contribution in [0.3, 0.4) is 0 Å². The standard InChI is InChI=1S/C15H20BrCl2N/c16-13-5-4-12(14(18)8-13)9-19-11-15(10-17)6-2-1-3-7-15/h4-5,8,19H,1-3,6-7,9-11H2. The van der Waals surface area contributed by atoms with Crippen molar-refractivity contribution in [3.05, 3.63) is 33.3 Å². The summed E-state index contributed by atoms with van der Waals surface area (Å²) in [5, 5.41) is 4.35. The number of halogens is 3. The van der Waals surface area contributed by atoms with Crippen molar-refractivity contribution in [2.24, 2.45) is 5.41 Å². The second kappa shape index (κ2) is 7.31. The van der Waals surface area contributed by atoms with E-state index >= 15 is 0 Å². The molecular weight excluding hydrogens is 345 g/mol. The molecule has 0 bridgehead atoms. The van der Waals surface area contributed by atoms with Gasteiger partial charge >= 0.3 is 0 Å². The van der Waals surface area contributed by atoms with Gasteiger partial charge in [0, 0.05) is 28.5 Å². The van der Waals surface area contributed by atoms with Crippen LogP contribution in [0.1, 0.15) is 37.7 Å². The Morgan fingerprint density at radius 3 is 2.58 bits per heavy atom. The molecule has 1 saturated carbocycles. The number of hydrogen-bond donors (Lipinski definition) is 1. The van der Waals surface area contributed by atoms with Gasteiger partial charge in [0.1, 0.15) is 0 Å². The topological polar surface area (TPSA) is 12.0 Å². The lowest BCUT2D eigenvalue weighted by Crippen LogP contribution is -2.37. The van der Waals surface area contributed by atoms with Gasteiger partial charge in [0.15, 0.2) is 0 Å². The minimum absolute atomic E-state index is 0.293. The molecule has 1 aromatic carbocycles. The van der Waals surface area contributed by atoms with Gasteiger partial charge in [0.05, 0.1) is 0 Å². The summed E-state index contributed by atoms with van der Waals surface area (Å²) in [5.41, 5.74) is 1.44. The minimum Gasteiger partial charge on any atom is -0.312 e. The van der Waals surface area contributed by atoms with E-state index < -0.39 is 0 Å². The molecule has 0 saturated heterocycles. The van der Waals surface area contributed by atoms with Crippen LogP contribution in [-0.4, -0.2) is 12.4 Å². The predicted octanol–water partition coefficient (Wildman–Crippen LogP) is 5.38. The summed E-state index contributed by atoms with van der Waals surface area (Å²) in [7, 11) is 0. The van der Waals surface area contributed by atoms with Gasteiger partial charge in [-0.2, -0.15) is 0 Å². The zero-order chi connectivity index (χ0) is 13.7. The molecule has 0 unspecified atom stereocenters. The van der Waals surface area contributed by atoms with Crippen molar-refractivity contribution < 1.29 is 0 Å². The van der Waals surface area contributed by atoms with Crippen LogP contribution < -0.4 is 5.32 Å². The molecule has 0 aromatic heterocycles. The van der Waals surface area contributed by atoms with E-state index in [2.05, 4.69) is 27.3 Å². The molecule has 1 aromatic rings. The lowest BCUT2D eigenvalue weighted by Gasteiger charge is -2.35. The van der Waals surface area contributed by atoms with Gasteiger partial charge in [-0.15, -0.1) is 11.6 Å². The van der Waals surface area contributed by atoms with Crippen LogP contribution in [0, 0.1) is 5.41 Å². The van der Waals surface area contributed by atoms with Crippen molar-refractivity contribution in [1.82, 2.24) is 5.32 Å². The first kappa shape index (κ1) is 15.6. The Bertz CT molecular complexity index is 417. The maximum absolute atomic E-state index is 6.22. The normalized spacial score (nSPS) is 18.5. The van der Waals surface area contributed by atoms with Crippen LogP contribution >= 0.6 is 39.1 Å². The lowest BCUT2D eigenvalue weighted by molar-refractivity contribution is 0.212. The Morgan fingerprint density at radius 2 is 1.95 bits per heavy atom. The van der Waals surface area contributed by atoms with Crippen molar-refractivity contribution in [2.75, 3.05) is 12.4 Å². The van der Waals surface area contributed by atoms with Crippen molar-refractivity contribution in [2.45, 2.75) is 38.6 Å². The molecular formula is C15H20BrCl2N. The van der Waals surface area contributed by atoms with Gasteiger partial charge in [-0.25, -0.2) is 0 Å². The van der Waals surface area contributed by atoms with Gasteiger partial charge in [0.2, 0.25) is 0 Å². The van der Waals surface area contributed by atoms with Gasteiger partial charge in [-0.1, -0.05) is 52.9 Å². The van der Waals surface area contributed by atoms with Crippen LogP contribution in [0.5, 0.6) is 0 Å². The van der Waals surface area contributed by atoms with Crippen LogP contribution in [-0.2, 0) is 6.54 Å². The largest absolute Gasteiger partial charge is 0.312 e. The molecule has 0 radical (unpaired) electrons. The van der Waals surface area contributed by atoms with E-state index in [9.17, 15) is 0 Å². The van der Waals surface area contributed by atoms with E-state index in [1.165, 1.54) is 32.1 Å². The summed E-state index contributed by atoms with van der Waals surface area (Å²) in [5.74, 6) is 0.758. The summed E-state index contributed by atoms with van der Waals surface area (Å²) >= 11 is 15.8. The van der Waals surface area contributed by atoms with E-state index in [-0.39, 0.29) is 0 Å². The number of alkyl halides is 1. The highest BCUT2D eigenvalue weighted by Gasteiger charge is 2.30. The molecule has 1 aliphatic rings. The van der Waals surface area contributed by atoms with E-state index in [0.29, 0.717) is 5.41 Å². The van der Waals surface area contributed by atoms with Crippen molar-refractivity contribution in [3.63, 3.8) is 0 Å². The Labute approximate surface area is 134 Å². The summed E-state index contributed by atoms with van der Waals surface area (Å²) in [6.45, 7) is 1.80. The Hall–Kier alpha value is 0.240. The maximum atomic E-state index is 6.22. The van der Waals surface area contributed by atoms with Crippen LogP contribution in [0.4, 0.5) is 0 Å². The summed E-state index contributed by atoms with van der Waals surface area (Å²) < 4.78 is 1.02. The first-order valence-electron chi connectivity index (χ1n) is 6.86. The first-order valence-corrected chi connectivity index (χ1v) is 8.56. The number of hydrogen-bond acceptors (Lipinski definition) is 1. The lowest BCUT2D eigenvalue weighted by atomic mass is 9.75. The summed E-state index contributed by atoms with van der Waals surface area (Å²) in [4.78, 5) is 0. The monoisotopic (exact) mass is 363 g/mol. The molecule has 19 heavy (non-hydrogen) atoms. The predicted molar refractivity (Wildman–Crippen MR) is 87.1 cm³/mol. The second-order valence-electron chi connectivity index (χ2n) is 5.53. The Kier molecular flexibility index (Phi) is 6.01. The van der Waals surface area contributed by atoms with Gasteiger partial charge in [-0.05, 0) is 36.0 Å². The number of rotatable bonds is 5. The Balaban J connectivity index is 1.88. The minimum atomic E-state index is 0.293. The molecule has 0 amide bonds. The van der Waals surface area contributed by atoms with Crippen molar-refractivity contribution in [1.29, 1.82) is 0 Å². The summed E-state index contributed by atoms with van der Waals surface area (Å²) in [6, 6.07) is 6.03. The van der Waals surface area contributed by atoms with Crippen molar-refractivity contribution >= 4 is 39.1 Å². The quantitative estimate of drug-likeness (QED) is 0.691. The fourth-order valence-electron chi connectivity index (χ4n) is 2.79. The van der Waals surface area contributed by atoms with Gasteiger partial charge < -0.3 is 5.32 Å². The average Bonchev–Trinajstić information content (AvgIpc) is 2.42.